The molecule has 1 aromatic heterocycles. The molecule has 34 heavy (non-hydrogen) atoms. The Bertz CT molecular complexity index is 1270. The van der Waals surface area contributed by atoms with Gasteiger partial charge in [0.05, 0.1) is 11.2 Å². The van der Waals surface area contributed by atoms with Crippen LogP contribution in [0.1, 0.15) is 5.56 Å². The summed E-state index contributed by atoms with van der Waals surface area (Å²) in [7, 11) is -3.67. The third-order valence-electron chi connectivity index (χ3n) is 5.82. The number of anilines is 1. The third-order valence-corrected chi connectivity index (χ3v) is 7.71. The van der Waals surface area contributed by atoms with Crippen LogP contribution in [0.3, 0.4) is 0 Å². The lowest BCUT2D eigenvalue weighted by molar-refractivity contribution is -0.116. The number of nitrogens with zero attached hydrogens (tertiary/aromatic N) is 4. The number of carbonyl (C=O) groups excluding carboxylic acids is 1. The minimum absolute atomic E-state index is 0.0995. The fraction of sp³-hybridized carbons (Fsp3) is 0.304. The molecule has 5 rings (SSSR count). The summed E-state index contributed by atoms with van der Waals surface area (Å²) >= 11 is 0. The second kappa shape index (κ2) is 9.45. The van der Waals surface area contributed by atoms with E-state index in [1.165, 1.54) is 10.4 Å². The summed E-state index contributed by atoms with van der Waals surface area (Å²) in [5, 5.41) is 2.75. The average Bonchev–Trinajstić information content (AvgIpc) is 3.51. The van der Waals surface area contributed by atoms with Gasteiger partial charge < -0.3 is 19.4 Å². The molecule has 0 atom stereocenters. The van der Waals surface area contributed by atoms with Gasteiger partial charge in [-0.15, -0.1) is 0 Å². The lowest BCUT2D eigenvalue weighted by Crippen LogP contribution is -2.48. The lowest BCUT2D eigenvalue weighted by atomic mass is 10.2. The molecule has 3 heterocycles. The summed E-state index contributed by atoms with van der Waals surface area (Å²) in [6, 6.07) is 12.2. The van der Waals surface area contributed by atoms with Gasteiger partial charge in [0.15, 0.2) is 11.5 Å². The molecular weight excluding hydrogens is 458 g/mol. The Morgan fingerprint density at radius 3 is 2.65 bits per heavy atom. The highest BCUT2D eigenvalue weighted by molar-refractivity contribution is 7.89. The zero-order chi connectivity index (χ0) is 23.5. The van der Waals surface area contributed by atoms with E-state index in [9.17, 15) is 13.2 Å². The molecule has 1 saturated heterocycles. The number of benzene rings is 2. The van der Waals surface area contributed by atoms with Crippen molar-refractivity contribution in [2.75, 3.05) is 38.3 Å². The Hall–Kier alpha value is -3.41. The molecular formula is C23H25N5O5S. The second-order valence-corrected chi connectivity index (χ2v) is 10.1. The van der Waals surface area contributed by atoms with Crippen molar-refractivity contribution in [1.82, 2.24) is 18.8 Å². The molecule has 1 amide bonds. The number of aromatic nitrogens is 2. The van der Waals surface area contributed by atoms with Crippen molar-refractivity contribution in [3.63, 3.8) is 0 Å². The van der Waals surface area contributed by atoms with Crippen molar-refractivity contribution < 1.29 is 22.7 Å². The highest BCUT2D eigenvalue weighted by atomic mass is 32.2. The van der Waals surface area contributed by atoms with Gasteiger partial charge in [-0.2, -0.15) is 4.31 Å². The Morgan fingerprint density at radius 2 is 1.85 bits per heavy atom. The van der Waals surface area contributed by atoms with Crippen LogP contribution in [0.25, 0.3) is 0 Å². The molecule has 0 saturated carbocycles. The number of amides is 1. The van der Waals surface area contributed by atoms with Gasteiger partial charge >= 0.3 is 0 Å². The number of sulfonamides is 1. The first-order valence-electron chi connectivity index (χ1n) is 10.9. The zero-order valence-corrected chi connectivity index (χ0v) is 19.3. The molecule has 0 bridgehead atoms. The van der Waals surface area contributed by atoms with E-state index in [0.29, 0.717) is 38.4 Å². The highest BCUT2D eigenvalue weighted by Gasteiger charge is 2.29. The van der Waals surface area contributed by atoms with E-state index in [2.05, 4.69) is 15.2 Å². The fourth-order valence-corrected chi connectivity index (χ4v) is 5.52. The van der Waals surface area contributed by atoms with Crippen LogP contribution < -0.4 is 14.8 Å². The van der Waals surface area contributed by atoms with Gasteiger partial charge in [0.25, 0.3) is 0 Å². The van der Waals surface area contributed by atoms with Crippen LogP contribution in [-0.2, 0) is 27.9 Å². The Morgan fingerprint density at radius 1 is 1.03 bits per heavy atom. The maximum absolute atomic E-state index is 13.2. The summed E-state index contributed by atoms with van der Waals surface area (Å²) in [5.74, 6) is 1.24. The Balaban J connectivity index is 1.19. The molecule has 2 aliphatic rings. The molecule has 0 spiro atoms. The molecule has 0 unspecified atom stereocenters. The lowest BCUT2D eigenvalue weighted by Gasteiger charge is -2.34. The van der Waals surface area contributed by atoms with Crippen LogP contribution in [0.4, 0.5) is 5.69 Å². The van der Waals surface area contributed by atoms with E-state index in [4.69, 9.17) is 9.47 Å². The summed E-state index contributed by atoms with van der Waals surface area (Å²) in [6.45, 7) is 3.08. The standard InChI is InChI=1S/C23H25N5O5S/c29-23(15-27-7-6-24-16-27)25-19-2-1-3-20(13-19)34(30,31)28-10-8-26(9-11-28)14-18-4-5-21-22(12-18)33-17-32-21/h1-7,12-13,16H,8-11,14-15,17H2,(H,25,29). The third kappa shape index (κ3) is 4.91. The van der Waals surface area contributed by atoms with Crippen molar-refractivity contribution in [2.45, 2.75) is 18.0 Å². The first-order chi connectivity index (χ1) is 16.5. The molecule has 2 aliphatic heterocycles. The van der Waals surface area contributed by atoms with Gasteiger partial charge in [-0.05, 0) is 35.9 Å². The molecule has 178 valence electrons. The first-order valence-corrected chi connectivity index (χ1v) is 12.4. The summed E-state index contributed by atoms with van der Waals surface area (Å²) in [4.78, 5) is 18.5. The molecule has 10 nitrogen and oxygen atoms in total. The van der Waals surface area contributed by atoms with Crippen LogP contribution in [-0.4, -0.2) is 66.1 Å². The molecule has 11 heteroatoms. The van der Waals surface area contributed by atoms with E-state index in [1.807, 2.05) is 18.2 Å². The minimum Gasteiger partial charge on any atom is -0.454 e. The van der Waals surface area contributed by atoms with Crippen LogP contribution in [0.5, 0.6) is 11.5 Å². The Labute approximate surface area is 197 Å². The summed E-state index contributed by atoms with van der Waals surface area (Å²) < 4.78 is 40.4. The van der Waals surface area contributed by atoms with Crippen molar-refractivity contribution >= 4 is 21.6 Å². The van der Waals surface area contributed by atoms with Gasteiger partial charge in [0.1, 0.15) is 6.54 Å². The number of rotatable bonds is 7. The SMILES string of the molecule is O=C(Cn1ccnc1)Nc1cccc(S(=O)(=O)N2CCN(Cc3ccc4c(c3)OCO4)CC2)c1. The Kier molecular flexibility index (Phi) is 6.22. The fourth-order valence-electron chi connectivity index (χ4n) is 4.06. The normalized spacial score (nSPS) is 16.5. The quantitative estimate of drug-likeness (QED) is 0.546. The van der Waals surface area contributed by atoms with Crippen molar-refractivity contribution in [1.29, 1.82) is 0 Å². The van der Waals surface area contributed by atoms with E-state index in [1.54, 1.807) is 41.5 Å². The number of fused-ring (bicyclic) bond motifs is 1. The number of piperazine rings is 1. The van der Waals surface area contributed by atoms with E-state index >= 15 is 0 Å². The second-order valence-electron chi connectivity index (χ2n) is 8.18. The topological polar surface area (TPSA) is 106 Å². The van der Waals surface area contributed by atoms with E-state index in [-0.39, 0.29) is 24.1 Å². The smallest absolute Gasteiger partial charge is 0.244 e. The predicted octanol–water partition coefficient (Wildman–Crippen LogP) is 1.76. The van der Waals surface area contributed by atoms with E-state index in [0.717, 1.165) is 17.1 Å². The molecule has 1 N–H and O–H groups in total. The predicted molar refractivity (Wildman–Crippen MR) is 124 cm³/mol. The molecule has 3 aromatic rings. The monoisotopic (exact) mass is 483 g/mol. The van der Waals surface area contributed by atoms with Crippen molar-refractivity contribution in [2.24, 2.45) is 0 Å². The molecule has 1 fully saturated rings. The van der Waals surface area contributed by atoms with Crippen molar-refractivity contribution in [3.05, 3.63) is 66.7 Å². The van der Waals surface area contributed by atoms with Gasteiger partial charge in [-0.1, -0.05) is 12.1 Å². The van der Waals surface area contributed by atoms with Crippen LogP contribution in [0.2, 0.25) is 0 Å². The van der Waals surface area contributed by atoms with Crippen LogP contribution >= 0.6 is 0 Å². The molecule has 0 radical (unpaired) electrons. The maximum Gasteiger partial charge on any atom is 0.244 e. The number of hydrogen-bond acceptors (Lipinski definition) is 7. The average molecular weight is 484 g/mol. The van der Waals surface area contributed by atoms with Gasteiger partial charge in [0.2, 0.25) is 22.7 Å². The molecule has 0 aliphatic carbocycles. The maximum atomic E-state index is 13.2. The number of imidazole rings is 1. The van der Waals surface area contributed by atoms with Gasteiger partial charge in [-0.3, -0.25) is 9.69 Å². The zero-order valence-electron chi connectivity index (χ0n) is 18.5. The number of carbonyl (C=O) groups is 1. The number of ether oxygens (including phenoxy) is 2. The van der Waals surface area contributed by atoms with E-state index < -0.39 is 10.0 Å². The summed E-state index contributed by atoms with van der Waals surface area (Å²) in [6.07, 6.45) is 4.83. The van der Waals surface area contributed by atoms with Crippen LogP contribution in [0, 0.1) is 0 Å². The van der Waals surface area contributed by atoms with Crippen molar-refractivity contribution in [3.8, 4) is 11.5 Å². The molecule has 2 aromatic carbocycles. The van der Waals surface area contributed by atoms with Gasteiger partial charge in [-0.25, -0.2) is 13.4 Å². The van der Waals surface area contributed by atoms with Gasteiger partial charge in [0, 0.05) is 50.8 Å². The summed E-state index contributed by atoms with van der Waals surface area (Å²) in [5.41, 5.74) is 1.53. The van der Waals surface area contributed by atoms with Crippen LogP contribution in [0.15, 0.2) is 66.1 Å². The highest BCUT2D eigenvalue weighted by Crippen LogP contribution is 2.33. The number of hydrogen-bond donors (Lipinski definition) is 1. The largest absolute Gasteiger partial charge is 0.454 e. The number of nitrogens with one attached hydrogen (secondary N) is 1. The first kappa shape index (κ1) is 22.4. The minimum atomic E-state index is -3.67.